The number of halogens is 1. The Bertz CT molecular complexity index is 637. The Labute approximate surface area is 120 Å². The molecule has 0 aliphatic heterocycles. The van der Waals surface area contributed by atoms with Crippen molar-refractivity contribution in [2.45, 2.75) is 0 Å². The van der Waals surface area contributed by atoms with Crippen LogP contribution in [0.5, 0.6) is 0 Å². The van der Waals surface area contributed by atoms with E-state index >= 15 is 0 Å². The minimum Gasteiger partial charge on any atom is -0.347 e. The second kappa shape index (κ2) is 5.59. The molecular weight excluding hydrogens is 284 g/mol. The number of nitrogens with one attached hydrogen (secondary N) is 1. The van der Waals surface area contributed by atoms with Crippen molar-refractivity contribution in [3.63, 3.8) is 0 Å². The van der Waals surface area contributed by atoms with Gasteiger partial charge in [0.1, 0.15) is 4.88 Å². The van der Waals surface area contributed by atoms with Gasteiger partial charge >= 0.3 is 0 Å². The smallest absolute Gasteiger partial charge is 0.263 e. The van der Waals surface area contributed by atoms with Gasteiger partial charge in [-0.05, 0) is 6.07 Å². The van der Waals surface area contributed by atoms with E-state index in [9.17, 15) is 9.59 Å². The summed E-state index contributed by atoms with van der Waals surface area (Å²) in [5.41, 5.74) is 0. The number of fused-ring (bicyclic) bond motifs is 1. The molecule has 2 aromatic rings. The van der Waals surface area contributed by atoms with Crippen LogP contribution in [0.25, 0.3) is 10.1 Å². The molecule has 0 saturated heterocycles. The van der Waals surface area contributed by atoms with E-state index in [2.05, 4.69) is 5.32 Å². The quantitative estimate of drug-likeness (QED) is 0.945. The van der Waals surface area contributed by atoms with Crippen LogP contribution in [-0.2, 0) is 4.79 Å². The summed E-state index contributed by atoms with van der Waals surface area (Å²) in [5.74, 6) is -0.480. The first kappa shape index (κ1) is 13.8. The molecule has 0 spiro atoms. The Morgan fingerprint density at radius 1 is 1.32 bits per heavy atom. The summed E-state index contributed by atoms with van der Waals surface area (Å²) in [7, 11) is 3.28. The molecule has 0 aliphatic rings. The fourth-order valence-corrected chi connectivity index (χ4v) is 2.99. The number of carbonyl (C=O) groups is 2. The normalized spacial score (nSPS) is 10.5. The van der Waals surface area contributed by atoms with Gasteiger partial charge in [-0.3, -0.25) is 9.59 Å². The number of hydrogen-bond acceptors (Lipinski definition) is 3. The van der Waals surface area contributed by atoms with Gasteiger partial charge in [0, 0.05) is 24.2 Å². The molecule has 0 unspecified atom stereocenters. The molecule has 2 rings (SSSR count). The standard InChI is InChI=1S/C13H13ClN2O2S/c1-16(2)10(17)7-15-13(18)12-11(14)8-5-3-4-6-9(8)19-12/h3-6H,7H2,1-2H3,(H,15,18). The third-order valence-corrected chi connectivity index (χ3v) is 4.31. The van der Waals surface area contributed by atoms with Gasteiger partial charge in [0.05, 0.1) is 11.6 Å². The van der Waals surface area contributed by atoms with E-state index < -0.39 is 0 Å². The Hall–Kier alpha value is -1.59. The summed E-state index contributed by atoms with van der Waals surface area (Å²) in [4.78, 5) is 25.3. The Kier molecular flexibility index (Phi) is 4.07. The van der Waals surface area contributed by atoms with Crippen LogP contribution < -0.4 is 5.32 Å². The highest BCUT2D eigenvalue weighted by molar-refractivity contribution is 7.21. The number of carbonyl (C=O) groups excluding carboxylic acids is 2. The van der Waals surface area contributed by atoms with Gasteiger partial charge in [0.2, 0.25) is 5.91 Å². The summed E-state index contributed by atoms with van der Waals surface area (Å²) in [5, 5.41) is 3.88. The third kappa shape index (κ3) is 2.88. The zero-order valence-electron chi connectivity index (χ0n) is 10.6. The van der Waals surface area contributed by atoms with Crippen molar-refractivity contribution in [1.82, 2.24) is 10.2 Å². The molecule has 100 valence electrons. The van der Waals surface area contributed by atoms with Gasteiger partial charge in [-0.15, -0.1) is 11.3 Å². The van der Waals surface area contributed by atoms with E-state index in [4.69, 9.17) is 11.6 Å². The fraction of sp³-hybridized carbons (Fsp3) is 0.231. The lowest BCUT2D eigenvalue weighted by atomic mass is 10.2. The molecule has 0 bridgehead atoms. The maximum Gasteiger partial charge on any atom is 0.263 e. The molecule has 0 aliphatic carbocycles. The molecule has 6 heteroatoms. The monoisotopic (exact) mass is 296 g/mol. The van der Waals surface area contributed by atoms with Crippen molar-refractivity contribution in [2.24, 2.45) is 0 Å². The molecule has 0 atom stereocenters. The summed E-state index contributed by atoms with van der Waals surface area (Å²) >= 11 is 7.51. The lowest BCUT2D eigenvalue weighted by Crippen LogP contribution is -2.36. The number of hydrogen-bond donors (Lipinski definition) is 1. The average Bonchev–Trinajstić information content (AvgIpc) is 2.73. The Morgan fingerprint density at radius 2 is 2.00 bits per heavy atom. The number of rotatable bonds is 3. The summed E-state index contributed by atoms with van der Waals surface area (Å²) in [6.07, 6.45) is 0. The van der Waals surface area contributed by atoms with Crippen molar-refractivity contribution in [2.75, 3.05) is 20.6 Å². The number of benzene rings is 1. The predicted octanol–water partition coefficient (Wildman–Crippen LogP) is 2.37. The van der Waals surface area contributed by atoms with Crippen molar-refractivity contribution in [3.8, 4) is 0 Å². The van der Waals surface area contributed by atoms with Crippen molar-refractivity contribution in [3.05, 3.63) is 34.2 Å². The van der Waals surface area contributed by atoms with E-state index in [-0.39, 0.29) is 18.4 Å². The topological polar surface area (TPSA) is 49.4 Å². The molecule has 0 saturated carbocycles. The van der Waals surface area contributed by atoms with Gasteiger partial charge in [0.15, 0.2) is 0 Å². The van der Waals surface area contributed by atoms with Crippen molar-refractivity contribution in [1.29, 1.82) is 0 Å². The second-order valence-electron chi connectivity index (χ2n) is 4.21. The number of likely N-dealkylation sites (N-methyl/N-ethyl adjacent to an activating group) is 1. The van der Waals surface area contributed by atoms with Crippen LogP contribution in [-0.4, -0.2) is 37.4 Å². The first-order chi connectivity index (χ1) is 9.00. The maximum absolute atomic E-state index is 12.0. The van der Waals surface area contributed by atoms with Crippen LogP contribution in [0.15, 0.2) is 24.3 Å². The average molecular weight is 297 g/mol. The van der Waals surface area contributed by atoms with Crippen LogP contribution in [0.3, 0.4) is 0 Å². The van der Waals surface area contributed by atoms with Crippen molar-refractivity contribution < 1.29 is 9.59 Å². The van der Waals surface area contributed by atoms with E-state index in [1.807, 2.05) is 24.3 Å². The number of nitrogens with zero attached hydrogens (tertiary/aromatic N) is 1. The zero-order chi connectivity index (χ0) is 14.0. The van der Waals surface area contributed by atoms with Crippen LogP contribution in [0.1, 0.15) is 9.67 Å². The van der Waals surface area contributed by atoms with Crippen LogP contribution >= 0.6 is 22.9 Å². The fourth-order valence-electron chi connectivity index (χ4n) is 1.55. The largest absolute Gasteiger partial charge is 0.347 e. The molecule has 19 heavy (non-hydrogen) atoms. The van der Waals surface area contributed by atoms with Gasteiger partial charge in [0.25, 0.3) is 5.91 Å². The van der Waals surface area contributed by atoms with Crippen molar-refractivity contribution >= 4 is 44.8 Å². The van der Waals surface area contributed by atoms with Gasteiger partial charge in [-0.2, -0.15) is 0 Å². The van der Waals surface area contributed by atoms with Gasteiger partial charge < -0.3 is 10.2 Å². The molecule has 1 aromatic heterocycles. The molecule has 4 nitrogen and oxygen atoms in total. The lowest BCUT2D eigenvalue weighted by Gasteiger charge is -2.10. The van der Waals surface area contributed by atoms with Crippen LogP contribution in [0.2, 0.25) is 5.02 Å². The Morgan fingerprint density at radius 3 is 2.63 bits per heavy atom. The highest BCUT2D eigenvalue weighted by Crippen LogP contribution is 2.34. The molecule has 0 radical (unpaired) electrons. The maximum atomic E-state index is 12.0. The second-order valence-corrected chi connectivity index (χ2v) is 5.64. The Balaban J connectivity index is 2.18. The molecule has 1 heterocycles. The van der Waals surface area contributed by atoms with E-state index in [1.165, 1.54) is 16.2 Å². The molecule has 1 aromatic carbocycles. The minimum atomic E-state index is -0.318. The van der Waals surface area contributed by atoms with Gasteiger partial charge in [-0.25, -0.2) is 0 Å². The minimum absolute atomic E-state index is 0.0313. The molecular formula is C13H13ClN2O2S. The van der Waals surface area contributed by atoms with E-state index in [1.54, 1.807) is 14.1 Å². The SMILES string of the molecule is CN(C)C(=O)CNC(=O)c1sc2ccccc2c1Cl. The summed E-state index contributed by atoms with van der Waals surface area (Å²) in [6.45, 7) is -0.0313. The number of amides is 2. The first-order valence-electron chi connectivity index (χ1n) is 5.66. The zero-order valence-corrected chi connectivity index (χ0v) is 12.1. The lowest BCUT2D eigenvalue weighted by molar-refractivity contribution is -0.127. The third-order valence-electron chi connectivity index (χ3n) is 2.64. The van der Waals surface area contributed by atoms with E-state index in [0.717, 1.165) is 10.1 Å². The predicted molar refractivity (Wildman–Crippen MR) is 77.9 cm³/mol. The van der Waals surface area contributed by atoms with Crippen LogP contribution in [0, 0.1) is 0 Å². The first-order valence-corrected chi connectivity index (χ1v) is 6.85. The number of thiophene rings is 1. The van der Waals surface area contributed by atoms with E-state index in [0.29, 0.717) is 9.90 Å². The van der Waals surface area contributed by atoms with Crippen LogP contribution in [0.4, 0.5) is 0 Å². The molecule has 0 fully saturated rings. The van der Waals surface area contributed by atoms with Gasteiger partial charge in [-0.1, -0.05) is 29.8 Å². The highest BCUT2D eigenvalue weighted by Gasteiger charge is 2.17. The molecule has 2 amide bonds. The highest BCUT2D eigenvalue weighted by atomic mass is 35.5. The molecule has 1 N–H and O–H groups in total. The summed E-state index contributed by atoms with van der Waals surface area (Å²) < 4.78 is 0.955. The summed E-state index contributed by atoms with van der Waals surface area (Å²) in [6, 6.07) is 7.55.